The fraction of sp³-hybridized carbons (Fsp3) is 0.538. The molecule has 1 aliphatic heterocycles. The second-order valence-electron chi connectivity index (χ2n) is 5.40. The van der Waals surface area contributed by atoms with Gasteiger partial charge in [-0.2, -0.15) is 0 Å². The van der Waals surface area contributed by atoms with E-state index in [9.17, 15) is 13.5 Å². The zero-order valence-corrected chi connectivity index (χ0v) is 12.5. The Labute approximate surface area is 119 Å². The van der Waals surface area contributed by atoms with Crippen molar-refractivity contribution in [3.8, 4) is 0 Å². The molecular weight excluding hydrogens is 278 g/mol. The maximum atomic E-state index is 11.7. The topological polar surface area (TPSA) is 86.9 Å². The Morgan fingerprint density at radius 3 is 2.30 bits per heavy atom. The van der Waals surface area contributed by atoms with Gasteiger partial charge in [0, 0.05) is 26.3 Å². The summed E-state index contributed by atoms with van der Waals surface area (Å²) in [5, 5.41) is 13.7. The average molecular weight is 299 g/mol. The second kappa shape index (κ2) is 5.69. The van der Waals surface area contributed by atoms with Crippen LogP contribution in [-0.4, -0.2) is 61.3 Å². The van der Waals surface area contributed by atoms with Gasteiger partial charge in [0.15, 0.2) is 9.84 Å². The van der Waals surface area contributed by atoms with E-state index in [0.717, 1.165) is 5.56 Å². The summed E-state index contributed by atoms with van der Waals surface area (Å²) < 4.78 is 23.3. The SMILES string of the molecule is CN(C)N(Cc1ccc(N)cc1)[C@H]1CS(=O)(=O)C[C@H]1O. The number of aliphatic hydroxyl groups excluding tert-OH is 1. The maximum absolute atomic E-state index is 11.7. The number of anilines is 1. The minimum atomic E-state index is -3.16. The lowest BCUT2D eigenvalue weighted by atomic mass is 10.1. The van der Waals surface area contributed by atoms with E-state index in [1.54, 1.807) is 0 Å². The zero-order chi connectivity index (χ0) is 14.9. The molecule has 0 aliphatic carbocycles. The Bertz CT molecular complexity index is 557. The highest BCUT2D eigenvalue weighted by Crippen LogP contribution is 2.21. The number of sulfone groups is 1. The number of hydrogen-bond acceptors (Lipinski definition) is 6. The summed E-state index contributed by atoms with van der Waals surface area (Å²) in [4.78, 5) is 0. The highest BCUT2D eigenvalue weighted by Gasteiger charge is 2.40. The van der Waals surface area contributed by atoms with Crippen molar-refractivity contribution in [1.29, 1.82) is 0 Å². The highest BCUT2D eigenvalue weighted by molar-refractivity contribution is 7.91. The van der Waals surface area contributed by atoms with Crippen molar-refractivity contribution < 1.29 is 13.5 Å². The van der Waals surface area contributed by atoms with Crippen LogP contribution in [0.3, 0.4) is 0 Å². The van der Waals surface area contributed by atoms with Crippen LogP contribution in [0.25, 0.3) is 0 Å². The number of hydrogen-bond donors (Lipinski definition) is 2. The minimum absolute atomic E-state index is 0.0126. The third-order valence-electron chi connectivity index (χ3n) is 3.51. The zero-order valence-electron chi connectivity index (χ0n) is 11.7. The van der Waals surface area contributed by atoms with Gasteiger partial charge in [-0.15, -0.1) is 0 Å². The lowest BCUT2D eigenvalue weighted by Gasteiger charge is -2.35. The van der Waals surface area contributed by atoms with Gasteiger partial charge in [-0.3, -0.25) is 0 Å². The second-order valence-corrected chi connectivity index (χ2v) is 7.55. The summed E-state index contributed by atoms with van der Waals surface area (Å²) >= 11 is 0. The summed E-state index contributed by atoms with van der Waals surface area (Å²) in [6.07, 6.45) is -0.851. The van der Waals surface area contributed by atoms with Crippen molar-refractivity contribution in [2.75, 3.05) is 31.3 Å². The van der Waals surface area contributed by atoms with Crippen molar-refractivity contribution in [1.82, 2.24) is 10.0 Å². The molecule has 3 N–H and O–H groups in total. The molecule has 1 aromatic rings. The van der Waals surface area contributed by atoms with Gasteiger partial charge < -0.3 is 10.8 Å². The molecule has 0 saturated carbocycles. The molecule has 1 fully saturated rings. The summed E-state index contributed by atoms with van der Waals surface area (Å²) in [5.74, 6) is -0.176. The van der Waals surface area contributed by atoms with Gasteiger partial charge in [-0.1, -0.05) is 12.1 Å². The molecule has 1 aliphatic rings. The third kappa shape index (κ3) is 3.49. The first-order valence-corrected chi connectivity index (χ1v) is 8.27. The number of aliphatic hydroxyl groups is 1. The van der Waals surface area contributed by atoms with E-state index in [4.69, 9.17) is 5.73 Å². The normalized spacial score (nSPS) is 25.4. The van der Waals surface area contributed by atoms with Gasteiger partial charge in [0.05, 0.1) is 23.7 Å². The van der Waals surface area contributed by atoms with Gasteiger partial charge in [-0.25, -0.2) is 18.4 Å². The smallest absolute Gasteiger partial charge is 0.154 e. The molecule has 1 aromatic carbocycles. The monoisotopic (exact) mass is 299 g/mol. The highest BCUT2D eigenvalue weighted by atomic mass is 32.2. The van der Waals surface area contributed by atoms with Crippen molar-refractivity contribution in [3.63, 3.8) is 0 Å². The fourth-order valence-corrected chi connectivity index (χ4v) is 4.25. The number of nitrogens with two attached hydrogens (primary N) is 1. The Morgan fingerprint density at radius 2 is 1.85 bits per heavy atom. The molecule has 2 atom stereocenters. The Morgan fingerprint density at radius 1 is 1.25 bits per heavy atom. The van der Waals surface area contributed by atoms with Crippen LogP contribution in [0, 0.1) is 0 Å². The molecule has 2 rings (SSSR count). The molecule has 0 unspecified atom stereocenters. The number of rotatable bonds is 4. The molecule has 20 heavy (non-hydrogen) atoms. The van der Waals surface area contributed by atoms with E-state index in [-0.39, 0.29) is 11.5 Å². The first-order chi connectivity index (χ1) is 9.28. The Kier molecular flexibility index (Phi) is 4.33. The van der Waals surface area contributed by atoms with Gasteiger partial charge in [0.2, 0.25) is 0 Å². The van der Waals surface area contributed by atoms with E-state index in [1.165, 1.54) is 0 Å². The lowest BCUT2D eigenvalue weighted by molar-refractivity contribution is -0.0558. The van der Waals surface area contributed by atoms with E-state index in [0.29, 0.717) is 12.2 Å². The van der Waals surface area contributed by atoms with Gasteiger partial charge in [0.25, 0.3) is 0 Å². The number of nitrogens with zero attached hydrogens (tertiary/aromatic N) is 2. The van der Waals surface area contributed by atoms with Crippen LogP contribution in [-0.2, 0) is 16.4 Å². The quantitative estimate of drug-likeness (QED) is 0.587. The van der Waals surface area contributed by atoms with Crippen LogP contribution in [0.1, 0.15) is 5.56 Å². The minimum Gasteiger partial charge on any atom is -0.399 e. The molecule has 1 heterocycles. The molecule has 6 nitrogen and oxygen atoms in total. The lowest BCUT2D eigenvalue weighted by Crippen LogP contribution is -2.49. The molecular formula is C13H21N3O3S. The van der Waals surface area contributed by atoms with E-state index in [2.05, 4.69) is 0 Å². The van der Waals surface area contributed by atoms with Crippen molar-refractivity contribution >= 4 is 15.5 Å². The van der Waals surface area contributed by atoms with Crippen LogP contribution in [0.5, 0.6) is 0 Å². The summed E-state index contributed by atoms with van der Waals surface area (Å²) in [6.45, 7) is 0.532. The molecule has 0 bridgehead atoms. The first-order valence-electron chi connectivity index (χ1n) is 6.45. The molecule has 112 valence electrons. The number of nitrogen functional groups attached to an aromatic ring is 1. The fourth-order valence-electron chi connectivity index (χ4n) is 2.46. The van der Waals surface area contributed by atoms with Gasteiger partial charge >= 0.3 is 0 Å². The summed E-state index contributed by atoms with van der Waals surface area (Å²) in [7, 11) is 0.524. The Balaban J connectivity index is 2.17. The first kappa shape index (κ1) is 15.2. The van der Waals surface area contributed by atoms with Crippen LogP contribution in [0.2, 0.25) is 0 Å². The number of hydrazine groups is 1. The van der Waals surface area contributed by atoms with E-state index >= 15 is 0 Å². The van der Waals surface area contributed by atoms with Gasteiger partial charge in [-0.05, 0) is 17.7 Å². The van der Waals surface area contributed by atoms with Crippen LogP contribution in [0.15, 0.2) is 24.3 Å². The maximum Gasteiger partial charge on any atom is 0.154 e. The van der Waals surface area contributed by atoms with Crippen LogP contribution < -0.4 is 5.73 Å². The standard InChI is InChI=1S/C13H21N3O3S/c1-15(2)16(7-10-3-5-11(14)6-4-10)12-8-20(18,19)9-13(12)17/h3-6,12-13,17H,7-9,14H2,1-2H3/t12-,13+/m0/s1. The Hall–Kier alpha value is -1.15. The van der Waals surface area contributed by atoms with Crippen molar-refractivity contribution in [2.45, 2.75) is 18.7 Å². The predicted molar refractivity (Wildman–Crippen MR) is 78.5 cm³/mol. The molecule has 0 amide bonds. The van der Waals surface area contributed by atoms with E-state index in [1.807, 2.05) is 48.4 Å². The molecule has 0 radical (unpaired) electrons. The van der Waals surface area contributed by atoms with Crippen LogP contribution in [0.4, 0.5) is 5.69 Å². The summed E-state index contributed by atoms with van der Waals surface area (Å²) in [6, 6.07) is 7.02. The number of benzene rings is 1. The van der Waals surface area contributed by atoms with Crippen molar-refractivity contribution in [3.05, 3.63) is 29.8 Å². The molecule has 0 aromatic heterocycles. The van der Waals surface area contributed by atoms with Crippen LogP contribution >= 0.6 is 0 Å². The molecule has 0 spiro atoms. The third-order valence-corrected chi connectivity index (χ3v) is 5.21. The molecule has 7 heteroatoms. The predicted octanol–water partition coefficient (Wildman–Crippen LogP) is -0.295. The van der Waals surface area contributed by atoms with E-state index < -0.39 is 22.0 Å². The molecule has 1 saturated heterocycles. The average Bonchev–Trinajstić information content (AvgIpc) is 2.61. The summed E-state index contributed by atoms with van der Waals surface area (Å²) in [5.41, 5.74) is 7.36. The largest absolute Gasteiger partial charge is 0.399 e. The van der Waals surface area contributed by atoms with Gasteiger partial charge in [0.1, 0.15) is 0 Å². The van der Waals surface area contributed by atoms with Crippen molar-refractivity contribution in [2.24, 2.45) is 0 Å².